The summed E-state index contributed by atoms with van der Waals surface area (Å²) in [4.78, 5) is 2.32. The number of benzene rings is 1. The second-order valence-corrected chi connectivity index (χ2v) is 8.18. The molecule has 0 bridgehead atoms. The summed E-state index contributed by atoms with van der Waals surface area (Å²) < 4.78 is 1.20. The molecule has 0 unspecified atom stereocenters. The van der Waals surface area contributed by atoms with Gasteiger partial charge in [-0.3, -0.25) is 0 Å². The summed E-state index contributed by atoms with van der Waals surface area (Å²) in [5.74, 6) is 0. The lowest BCUT2D eigenvalue weighted by atomic mass is 10.1. The van der Waals surface area contributed by atoms with Crippen molar-refractivity contribution in [2.75, 3.05) is 11.9 Å². The maximum absolute atomic E-state index is 3.57. The number of anilines is 1. The number of aryl methyl sites for hydroxylation is 1. The van der Waals surface area contributed by atoms with Gasteiger partial charge < -0.3 is 10.2 Å². The number of hydrogen-bond donors (Lipinski definition) is 1. The van der Waals surface area contributed by atoms with Crippen molar-refractivity contribution in [1.29, 1.82) is 0 Å². The van der Waals surface area contributed by atoms with Crippen LogP contribution in [0.25, 0.3) is 0 Å². The largest absolute Gasteiger partial charge is 0.370 e. The second-order valence-electron chi connectivity index (χ2n) is 5.89. The van der Waals surface area contributed by atoms with Crippen molar-refractivity contribution in [2.45, 2.75) is 38.9 Å². The van der Waals surface area contributed by atoms with E-state index in [9.17, 15) is 0 Å². The van der Waals surface area contributed by atoms with Crippen molar-refractivity contribution < 1.29 is 0 Å². The van der Waals surface area contributed by atoms with Gasteiger partial charge in [0.1, 0.15) is 0 Å². The molecule has 0 amide bonds. The lowest BCUT2D eigenvalue weighted by Gasteiger charge is -2.21. The van der Waals surface area contributed by atoms with E-state index in [1.54, 1.807) is 11.3 Å². The monoisotopic (exact) mass is 364 g/mol. The number of hydrogen-bond acceptors (Lipinski definition) is 3. The van der Waals surface area contributed by atoms with E-state index in [-0.39, 0.29) is 0 Å². The van der Waals surface area contributed by atoms with Crippen LogP contribution in [0.2, 0.25) is 0 Å². The molecule has 0 aliphatic heterocycles. The van der Waals surface area contributed by atoms with E-state index in [0.717, 1.165) is 19.1 Å². The van der Waals surface area contributed by atoms with E-state index in [2.05, 4.69) is 69.8 Å². The van der Waals surface area contributed by atoms with Crippen LogP contribution in [0.1, 0.15) is 29.5 Å². The first-order chi connectivity index (χ1) is 10.1. The molecule has 21 heavy (non-hydrogen) atoms. The molecule has 112 valence electrons. The van der Waals surface area contributed by atoms with E-state index in [1.165, 1.54) is 39.0 Å². The van der Waals surface area contributed by atoms with Crippen molar-refractivity contribution in [3.05, 3.63) is 50.1 Å². The third-order valence-corrected chi connectivity index (χ3v) is 5.44. The topological polar surface area (TPSA) is 15.3 Å². The van der Waals surface area contributed by atoms with Crippen molar-refractivity contribution >= 4 is 33.0 Å². The van der Waals surface area contributed by atoms with Gasteiger partial charge in [0.15, 0.2) is 0 Å². The molecule has 0 radical (unpaired) electrons. The highest BCUT2D eigenvalue weighted by Crippen LogP contribution is 2.26. The van der Waals surface area contributed by atoms with Crippen LogP contribution < -0.4 is 10.2 Å². The van der Waals surface area contributed by atoms with Crippen molar-refractivity contribution in [2.24, 2.45) is 0 Å². The Kier molecular flexibility index (Phi) is 4.67. The zero-order valence-electron chi connectivity index (χ0n) is 12.5. The number of nitrogens with zero attached hydrogens (tertiary/aromatic N) is 1. The quantitative estimate of drug-likeness (QED) is 0.798. The normalized spacial score (nSPS) is 14.4. The molecule has 1 fully saturated rings. The Balaban J connectivity index is 1.65. The van der Waals surface area contributed by atoms with Crippen molar-refractivity contribution in [3.63, 3.8) is 0 Å². The Labute approximate surface area is 139 Å². The van der Waals surface area contributed by atoms with Gasteiger partial charge in [0.05, 0.1) is 3.79 Å². The smallest absolute Gasteiger partial charge is 0.0701 e. The maximum Gasteiger partial charge on any atom is 0.0701 e. The Morgan fingerprint density at radius 3 is 2.71 bits per heavy atom. The van der Waals surface area contributed by atoms with Crippen LogP contribution in [-0.4, -0.2) is 13.1 Å². The first-order valence-electron chi connectivity index (χ1n) is 7.39. The molecular formula is C17H21BrN2S. The maximum atomic E-state index is 3.57. The molecule has 1 saturated carbocycles. The van der Waals surface area contributed by atoms with Gasteiger partial charge in [0.2, 0.25) is 0 Å². The Bertz CT molecular complexity index is 619. The average Bonchev–Trinajstić information content (AvgIpc) is 3.19. The zero-order chi connectivity index (χ0) is 14.8. The van der Waals surface area contributed by atoms with E-state index in [1.807, 2.05) is 0 Å². The fourth-order valence-corrected chi connectivity index (χ4v) is 3.79. The average molecular weight is 365 g/mol. The zero-order valence-corrected chi connectivity index (χ0v) is 14.9. The third-order valence-electron chi connectivity index (χ3n) is 3.89. The van der Waals surface area contributed by atoms with Crippen LogP contribution in [0.3, 0.4) is 0 Å². The Morgan fingerprint density at radius 2 is 2.10 bits per heavy atom. The highest BCUT2D eigenvalue weighted by molar-refractivity contribution is 9.11. The van der Waals surface area contributed by atoms with Crippen LogP contribution >= 0.6 is 27.3 Å². The summed E-state index contributed by atoms with van der Waals surface area (Å²) >= 11 is 5.27. The molecule has 1 aromatic heterocycles. The summed E-state index contributed by atoms with van der Waals surface area (Å²) in [5.41, 5.74) is 5.40. The van der Waals surface area contributed by atoms with Gasteiger partial charge in [-0.2, -0.15) is 0 Å². The predicted molar refractivity (Wildman–Crippen MR) is 95.2 cm³/mol. The molecule has 3 rings (SSSR count). The van der Waals surface area contributed by atoms with Gasteiger partial charge in [-0.05, 0) is 69.9 Å². The summed E-state index contributed by atoms with van der Waals surface area (Å²) in [5, 5.41) is 5.79. The SMILES string of the molecule is Cc1cc(CNC2CC2)ccc1N(C)Cc1csc(Br)c1. The highest BCUT2D eigenvalue weighted by atomic mass is 79.9. The van der Waals surface area contributed by atoms with Crippen LogP contribution in [0.15, 0.2) is 33.4 Å². The molecule has 0 spiro atoms. The molecule has 1 N–H and O–H groups in total. The van der Waals surface area contributed by atoms with Crippen LogP contribution in [0.5, 0.6) is 0 Å². The van der Waals surface area contributed by atoms with Crippen molar-refractivity contribution in [1.82, 2.24) is 5.32 Å². The molecule has 2 aromatic rings. The van der Waals surface area contributed by atoms with Gasteiger partial charge in [-0.15, -0.1) is 11.3 Å². The molecule has 0 saturated heterocycles. The summed E-state index contributed by atoms with van der Waals surface area (Å²) in [7, 11) is 2.16. The van der Waals surface area contributed by atoms with E-state index in [4.69, 9.17) is 0 Å². The number of rotatable bonds is 6. The number of nitrogens with one attached hydrogen (secondary N) is 1. The molecule has 1 heterocycles. The van der Waals surface area contributed by atoms with Gasteiger partial charge in [0.25, 0.3) is 0 Å². The fraction of sp³-hybridized carbons (Fsp3) is 0.412. The second kappa shape index (κ2) is 6.51. The molecular weight excluding hydrogens is 344 g/mol. The van der Waals surface area contributed by atoms with Gasteiger partial charge >= 0.3 is 0 Å². The Morgan fingerprint density at radius 1 is 1.29 bits per heavy atom. The Hall–Kier alpha value is -0.840. The van der Waals surface area contributed by atoms with Crippen LogP contribution in [-0.2, 0) is 13.1 Å². The van der Waals surface area contributed by atoms with Crippen LogP contribution in [0, 0.1) is 6.92 Å². The highest BCUT2D eigenvalue weighted by Gasteiger charge is 2.20. The minimum atomic E-state index is 0.768. The molecule has 0 atom stereocenters. The van der Waals surface area contributed by atoms with Gasteiger partial charge in [0, 0.05) is 31.9 Å². The number of thiophene rings is 1. The van der Waals surface area contributed by atoms with Crippen molar-refractivity contribution in [3.8, 4) is 0 Å². The fourth-order valence-electron chi connectivity index (χ4n) is 2.59. The lowest BCUT2D eigenvalue weighted by molar-refractivity contribution is 0.687. The number of halogens is 1. The van der Waals surface area contributed by atoms with Gasteiger partial charge in [-0.1, -0.05) is 12.1 Å². The first-order valence-corrected chi connectivity index (χ1v) is 9.06. The molecule has 1 aromatic carbocycles. The summed E-state index contributed by atoms with van der Waals surface area (Å²) in [6.07, 6.45) is 2.69. The molecule has 2 nitrogen and oxygen atoms in total. The lowest BCUT2D eigenvalue weighted by Crippen LogP contribution is -2.18. The minimum absolute atomic E-state index is 0.768. The molecule has 4 heteroatoms. The van der Waals surface area contributed by atoms with Gasteiger partial charge in [-0.25, -0.2) is 0 Å². The van der Waals surface area contributed by atoms with E-state index >= 15 is 0 Å². The first kappa shape index (κ1) is 15.1. The standard InChI is InChI=1S/C17H21BrN2S/c1-12-7-13(9-19-15-4-5-15)3-6-16(12)20(2)10-14-8-17(18)21-11-14/h3,6-8,11,15,19H,4-5,9-10H2,1-2H3. The molecule has 1 aliphatic carbocycles. The van der Waals surface area contributed by atoms with E-state index < -0.39 is 0 Å². The summed E-state index contributed by atoms with van der Waals surface area (Å²) in [6.45, 7) is 4.14. The third kappa shape index (κ3) is 4.09. The predicted octanol–water partition coefficient (Wildman–Crippen LogP) is 4.71. The van der Waals surface area contributed by atoms with E-state index in [0.29, 0.717) is 0 Å². The summed E-state index contributed by atoms with van der Waals surface area (Å²) in [6, 6.07) is 9.78. The molecule has 1 aliphatic rings. The minimum Gasteiger partial charge on any atom is -0.370 e. The van der Waals surface area contributed by atoms with Crippen LogP contribution in [0.4, 0.5) is 5.69 Å².